The average molecular weight is 448 g/mol. The van der Waals surface area contributed by atoms with E-state index in [1.165, 1.54) is 28.0 Å². The third kappa shape index (κ3) is 4.78. The first-order valence-corrected chi connectivity index (χ1v) is 10.8. The molecule has 1 amide bonds. The van der Waals surface area contributed by atoms with Gasteiger partial charge >= 0.3 is 6.09 Å². The Morgan fingerprint density at radius 2 is 2.16 bits per heavy atom. The normalized spacial score (nSPS) is 16.6. The lowest BCUT2D eigenvalue weighted by Crippen LogP contribution is -2.25. The number of aromatic nitrogens is 5. The van der Waals surface area contributed by atoms with Gasteiger partial charge in [-0.1, -0.05) is 6.07 Å². The summed E-state index contributed by atoms with van der Waals surface area (Å²) < 4.78 is 24.7. The van der Waals surface area contributed by atoms with Crippen LogP contribution in [0.25, 0.3) is 22.6 Å². The number of aryl methyl sites for hydroxylation is 1. The number of ether oxygens (including phenoxy) is 1. The van der Waals surface area contributed by atoms with Crippen molar-refractivity contribution < 1.29 is 28.2 Å². The van der Waals surface area contributed by atoms with E-state index in [1.54, 1.807) is 25.2 Å². The minimum absolute atomic E-state index is 0.0684. The number of anilines is 1. The molecular weight excluding hydrogens is 430 g/mol. The Morgan fingerprint density at radius 1 is 1.35 bits per heavy atom. The number of hydrogen-bond donors (Lipinski definition) is 2. The standard InChI is InChI=1S/C18H18FN6O5P/c1-24-22-17(21-23-24)16-6-3-11(8-20-16)14-5-4-12(7-15(14)19)25-9-13(30-18(25)26)10-29-31(2,27)28/h3-8,13,27-28H,2,9-10H2,1H3. The predicted molar refractivity (Wildman–Crippen MR) is 109 cm³/mol. The van der Waals surface area contributed by atoms with Gasteiger partial charge in [0, 0.05) is 17.3 Å². The molecule has 1 unspecified atom stereocenters. The molecule has 1 aromatic carbocycles. The average Bonchev–Trinajstić information content (AvgIpc) is 3.31. The summed E-state index contributed by atoms with van der Waals surface area (Å²) in [5.74, 6) is -0.192. The van der Waals surface area contributed by atoms with Crippen LogP contribution in [-0.2, 0) is 16.3 Å². The Kier molecular flexibility index (Phi) is 5.54. The Morgan fingerprint density at radius 3 is 2.77 bits per heavy atom. The minimum Gasteiger partial charge on any atom is -0.441 e. The zero-order valence-electron chi connectivity index (χ0n) is 16.3. The number of carbonyl (C=O) groups is 1. The highest BCUT2D eigenvalue weighted by Crippen LogP contribution is 2.36. The van der Waals surface area contributed by atoms with Crippen LogP contribution >= 0.6 is 7.57 Å². The number of carbonyl (C=O) groups excluding carboxylic acids is 1. The molecule has 0 saturated carbocycles. The molecule has 0 bridgehead atoms. The van der Waals surface area contributed by atoms with E-state index in [1.807, 2.05) is 0 Å². The van der Waals surface area contributed by atoms with Crippen molar-refractivity contribution in [1.29, 1.82) is 0 Å². The molecule has 13 heteroatoms. The molecule has 1 aliphatic heterocycles. The predicted octanol–water partition coefficient (Wildman–Crippen LogP) is 1.60. The summed E-state index contributed by atoms with van der Waals surface area (Å²) in [7, 11) is -2.05. The largest absolute Gasteiger partial charge is 0.441 e. The van der Waals surface area contributed by atoms with E-state index in [2.05, 4.69) is 26.7 Å². The molecule has 162 valence electrons. The smallest absolute Gasteiger partial charge is 0.414 e. The minimum atomic E-state index is -3.69. The molecule has 3 aromatic rings. The van der Waals surface area contributed by atoms with Gasteiger partial charge in [-0.05, 0) is 35.8 Å². The summed E-state index contributed by atoms with van der Waals surface area (Å²) in [5.41, 5.74) is 1.63. The van der Waals surface area contributed by atoms with Crippen LogP contribution < -0.4 is 4.90 Å². The fourth-order valence-corrected chi connectivity index (χ4v) is 3.40. The van der Waals surface area contributed by atoms with E-state index in [9.17, 15) is 19.0 Å². The molecule has 11 nitrogen and oxygen atoms in total. The van der Waals surface area contributed by atoms with Gasteiger partial charge in [0.15, 0.2) is 0 Å². The highest BCUT2D eigenvalue weighted by molar-refractivity contribution is 7.57. The molecule has 0 spiro atoms. The lowest BCUT2D eigenvalue weighted by molar-refractivity contribution is 0.0977. The number of hydrogen-bond acceptors (Lipinski definition) is 9. The molecule has 1 fully saturated rings. The third-order valence-electron chi connectivity index (χ3n) is 4.42. The van der Waals surface area contributed by atoms with Crippen molar-refractivity contribution >= 4 is 25.6 Å². The summed E-state index contributed by atoms with van der Waals surface area (Å²) in [6.07, 6.45) is 3.16. The Labute approximate surface area is 175 Å². The first-order valence-electron chi connectivity index (χ1n) is 9.01. The highest BCUT2D eigenvalue weighted by Gasteiger charge is 2.33. The van der Waals surface area contributed by atoms with Crippen molar-refractivity contribution in [2.75, 3.05) is 18.1 Å². The van der Waals surface area contributed by atoms with Crippen LogP contribution in [0.5, 0.6) is 0 Å². The maximum absolute atomic E-state index is 14.8. The monoisotopic (exact) mass is 448 g/mol. The molecule has 1 saturated heterocycles. The second-order valence-corrected chi connectivity index (χ2v) is 8.36. The van der Waals surface area contributed by atoms with Gasteiger partial charge < -0.3 is 19.0 Å². The highest BCUT2D eigenvalue weighted by atomic mass is 31.2. The van der Waals surface area contributed by atoms with Crippen LogP contribution in [0.4, 0.5) is 14.9 Å². The zero-order valence-corrected chi connectivity index (χ0v) is 17.2. The SMILES string of the molecule is C=P(O)(O)OCC1CN(c2ccc(-c3ccc(-c4nnn(C)n4)nc3)c(F)c2)C(=O)O1. The number of halogens is 1. The number of tetrazole rings is 1. The molecule has 31 heavy (non-hydrogen) atoms. The summed E-state index contributed by atoms with van der Waals surface area (Å²) in [6, 6.07) is 7.68. The fourth-order valence-electron chi connectivity index (χ4n) is 3.00. The summed E-state index contributed by atoms with van der Waals surface area (Å²) >= 11 is 0. The Bertz CT molecular complexity index is 1160. The van der Waals surface area contributed by atoms with Gasteiger partial charge in [0.05, 0.1) is 25.9 Å². The lowest BCUT2D eigenvalue weighted by Gasteiger charge is -2.15. The third-order valence-corrected chi connectivity index (χ3v) is 4.98. The van der Waals surface area contributed by atoms with E-state index in [0.29, 0.717) is 28.3 Å². The molecule has 3 heterocycles. The van der Waals surface area contributed by atoms with Crippen LogP contribution in [0, 0.1) is 5.82 Å². The van der Waals surface area contributed by atoms with Crippen molar-refractivity contribution in [3.8, 4) is 22.6 Å². The first kappa shape index (κ1) is 21.1. The maximum Gasteiger partial charge on any atom is 0.414 e. The van der Waals surface area contributed by atoms with Gasteiger partial charge in [-0.25, -0.2) is 9.18 Å². The van der Waals surface area contributed by atoms with E-state index in [-0.39, 0.29) is 13.2 Å². The lowest BCUT2D eigenvalue weighted by atomic mass is 10.1. The number of rotatable bonds is 6. The summed E-state index contributed by atoms with van der Waals surface area (Å²) in [5, 5.41) is 11.7. The number of nitrogens with zero attached hydrogens (tertiary/aromatic N) is 6. The van der Waals surface area contributed by atoms with Crippen molar-refractivity contribution in [3.63, 3.8) is 0 Å². The van der Waals surface area contributed by atoms with Gasteiger partial charge in [-0.3, -0.25) is 9.88 Å². The van der Waals surface area contributed by atoms with E-state index >= 15 is 0 Å². The molecule has 0 aliphatic carbocycles. The van der Waals surface area contributed by atoms with Gasteiger partial charge in [0.1, 0.15) is 17.6 Å². The zero-order chi connectivity index (χ0) is 22.2. The molecular formula is C18H18FN6O5P. The maximum atomic E-state index is 14.8. The van der Waals surface area contributed by atoms with Crippen molar-refractivity contribution in [2.24, 2.45) is 7.05 Å². The van der Waals surface area contributed by atoms with E-state index < -0.39 is 25.6 Å². The van der Waals surface area contributed by atoms with Crippen molar-refractivity contribution in [1.82, 2.24) is 25.2 Å². The number of cyclic esters (lactones) is 1. The fraction of sp³-hybridized carbons (Fsp3) is 0.222. The van der Waals surface area contributed by atoms with E-state index in [0.717, 1.165) is 0 Å². The topological polar surface area (TPSA) is 136 Å². The number of amides is 1. The molecule has 2 N–H and O–H groups in total. The molecule has 1 atom stereocenters. The molecule has 1 aliphatic rings. The van der Waals surface area contributed by atoms with Crippen LogP contribution in [-0.4, -0.2) is 66.6 Å². The quantitative estimate of drug-likeness (QED) is 0.539. The van der Waals surface area contributed by atoms with Crippen LogP contribution in [0.3, 0.4) is 0 Å². The van der Waals surface area contributed by atoms with Crippen LogP contribution in [0.2, 0.25) is 0 Å². The van der Waals surface area contributed by atoms with E-state index in [4.69, 9.17) is 9.26 Å². The van der Waals surface area contributed by atoms with Crippen molar-refractivity contribution in [3.05, 3.63) is 42.3 Å². The molecule has 0 radical (unpaired) electrons. The van der Waals surface area contributed by atoms with Gasteiger partial charge in [-0.2, -0.15) is 4.80 Å². The number of benzene rings is 1. The summed E-state index contributed by atoms with van der Waals surface area (Å²) in [4.78, 5) is 37.3. The molecule has 2 aromatic heterocycles. The van der Waals surface area contributed by atoms with Gasteiger partial charge in [-0.15, -0.1) is 10.2 Å². The van der Waals surface area contributed by atoms with Crippen molar-refractivity contribution in [2.45, 2.75) is 6.10 Å². The summed E-state index contributed by atoms with van der Waals surface area (Å²) in [6.45, 7) is -0.162. The second-order valence-electron chi connectivity index (χ2n) is 6.78. The second kappa shape index (κ2) is 8.16. The number of pyridine rings is 1. The van der Waals surface area contributed by atoms with Crippen LogP contribution in [0.1, 0.15) is 0 Å². The Hall–Kier alpha value is -3.18. The first-order chi connectivity index (χ1) is 14.7. The Balaban J connectivity index is 1.49. The van der Waals surface area contributed by atoms with Gasteiger partial charge in [0.2, 0.25) is 13.4 Å². The van der Waals surface area contributed by atoms with Gasteiger partial charge in [0.25, 0.3) is 0 Å². The molecule has 4 rings (SSSR count). The van der Waals surface area contributed by atoms with Crippen LogP contribution in [0.15, 0.2) is 36.5 Å².